The summed E-state index contributed by atoms with van der Waals surface area (Å²) in [5, 5.41) is 12.1. The zero-order valence-corrected chi connectivity index (χ0v) is 18.9. The van der Waals surface area contributed by atoms with Crippen LogP contribution in [0.3, 0.4) is 0 Å². The van der Waals surface area contributed by atoms with E-state index in [0.29, 0.717) is 30.1 Å². The number of amides is 2. The van der Waals surface area contributed by atoms with Gasteiger partial charge < -0.3 is 25.0 Å². The number of carbonyl (C=O) groups is 2. The van der Waals surface area contributed by atoms with Gasteiger partial charge in [-0.1, -0.05) is 6.92 Å². The van der Waals surface area contributed by atoms with E-state index in [1.54, 1.807) is 30.0 Å². The van der Waals surface area contributed by atoms with Gasteiger partial charge in [0.2, 0.25) is 11.8 Å². The fraction of sp³-hybridized carbons (Fsp3) is 0.636. The van der Waals surface area contributed by atoms with Gasteiger partial charge in [-0.05, 0) is 39.2 Å². The van der Waals surface area contributed by atoms with Crippen molar-refractivity contribution in [2.75, 3.05) is 39.1 Å². The molecule has 0 saturated heterocycles. The molecule has 1 aromatic carbocycles. The molecule has 2 amide bonds. The van der Waals surface area contributed by atoms with E-state index in [0.717, 1.165) is 0 Å². The Balaban J connectivity index is 2.31. The van der Waals surface area contributed by atoms with Crippen LogP contribution < -0.4 is 10.1 Å². The zero-order chi connectivity index (χ0) is 24.1. The van der Waals surface area contributed by atoms with Crippen LogP contribution in [-0.2, 0) is 16.0 Å². The van der Waals surface area contributed by atoms with E-state index in [4.69, 9.17) is 4.74 Å². The number of ether oxygens (including phenoxy) is 1. The lowest BCUT2D eigenvalue weighted by atomic mass is 10.0. The van der Waals surface area contributed by atoms with Gasteiger partial charge >= 0.3 is 6.18 Å². The third kappa shape index (κ3) is 7.67. The van der Waals surface area contributed by atoms with E-state index in [2.05, 4.69) is 5.32 Å². The number of aliphatic hydroxyl groups is 1. The Bertz CT molecular complexity index is 801. The predicted octanol–water partition coefficient (Wildman–Crippen LogP) is 2.68. The van der Waals surface area contributed by atoms with E-state index in [-0.39, 0.29) is 37.0 Å². The molecule has 1 heterocycles. The lowest BCUT2D eigenvalue weighted by Crippen LogP contribution is -2.47. The normalized spacial score (nSPS) is 20.7. The average molecular weight is 460 g/mol. The molecule has 10 heteroatoms. The van der Waals surface area contributed by atoms with Crippen molar-refractivity contribution in [3.05, 3.63) is 23.8 Å². The number of nitrogens with zero attached hydrogens (tertiary/aromatic N) is 2. The van der Waals surface area contributed by atoms with Crippen LogP contribution in [0.15, 0.2) is 18.2 Å². The van der Waals surface area contributed by atoms with Crippen molar-refractivity contribution in [2.24, 2.45) is 5.92 Å². The molecule has 32 heavy (non-hydrogen) atoms. The fourth-order valence-electron chi connectivity index (χ4n) is 3.56. The molecule has 3 atom stereocenters. The Morgan fingerprint density at radius 2 is 2.06 bits per heavy atom. The van der Waals surface area contributed by atoms with Crippen LogP contribution >= 0.6 is 0 Å². The Morgan fingerprint density at radius 1 is 1.38 bits per heavy atom. The third-order valence-corrected chi connectivity index (χ3v) is 5.38. The number of hydrogen-bond donors (Lipinski definition) is 2. The SMILES string of the molecule is C[C@H](CO)N1C[C@H](C)[C@H](CN(C)C)Oc2ccc(NC(=O)CCC(F)(F)F)cc2CC1=O. The number of anilines is 1. The van der Waals surface area contributed by atoms with Crippen molar-refractivity contribution in [3.8, 4) is 5.75 Å². The van der Waals surface area contributed by atoms with Crippen LogP contribution in [0, 0.1) is 5.92 Å². The lowest BCUT2D eigenvalue weighted by molar-refractivity contribution is -0.142. The standard InChI is InChI=1S/C22H32F3N3O4/c1-14-11-28(15(2)13-29)21(31)10-16-9-17(26-20(30)7-8-22(23,24)25)5-6-18(16)32-19(14)12-27(3)4/h5-6,9,14-15,19,29H,7-8,10-13H2,1-4H3,(H,26,30)/t14-,15+,19-/m0/s1. The highest BCUT2D eigenvalue weighted by molar-refractivity contribution is 5.91. The van der Waals surface area contributed by atoms with Crippen LogP contribution in [0.5, 0.6) is 5.75 Å². The van der Waals surface area contributed by atoms with E-state index in [1.165, 1.54) is 0 Å². The summed E-state index contributed by atoms with van der Waals surface area (Å²) in [6.45, 7) is 4.58. The maximum absolute atomic E-state index is 13.0. The summed E-state index contributed by atoms with van der Waals surface area (Å²) in [7, 11) is 3.84. The zero-order valence-electron chi connectivity index (χ0n) is 18.9. The van der Waals surface area contributed by atoms with Crippen molar-refractivity contribution in [2.45, 2.75) is 51.4 Å². The predicted molar refractivity (Wildman–Crippen MR) is 114 cm³/mol. The number of benzene rings is 1. The van der Waals surface area contributed by atoms with Gasteiger partial charge in [-0.2, -0.15) is 13.2 Å². The summed E-state index contributed by atoms with van der Waals surface area (Å²) in [5.41, 5.74) is 0.821. The molecule has 0 saturated carbocycles. The Morgan fingerprint density at radius 3 is 2.66 bits per heavy atom. The number of nitrogens with one attached hydrogen (secondary N) is 1. The molecule has 180 valence electrons. The van der Waals surface area contributed by atoms with Gasteiger partial charge in [-0.15, -0.1) is 0 Å². The quantitative estimate of drug-likeness (QED) is 0.655. The Hall–Kier alpha value is -2.33. The third-order valence-electron chi connectivity index (χ3n) is 5.38. The van der Waals surface area contributed by atoms with E-state index < -0.39 is 24.9 Å². The number of alkyl halides is 3. The summed E-state index contributed by atoms with van der Waals surface area (Å²) in [4.78, 5) is 28.6. The number of likely N-dealkylation sites (N-methyl/N-ethyl adjacent to an activating group) is 1. The molecule has 0 bridgehead atoms. The molecule has 1 aliphatic rings. The first-order valence-electron chi connectivity index (χ1n) is 10.6. The summed E-state index contributed by atoms with van der Waals surface area (Å²) in [6.07, 6.45) is -6.56. The first-order valence-corrected chi connectivity index (χ1v) is 10.6. The molecule has 0 spiro atoms. The molecule has 0 radical (unpaired) electrons. The van der Waals surface area contributed by atoms with Gasteiger partial charge in [0.1, 0.15) is 11.9 Å². The highest BCUT2D eigenvalue weighted by Crippen LogP contribution is 2.29. The maximum Gasteiger partial charge on any atom is 0.389 e. The van der Waals surface area contributed by atoms with E-state index in [9.17, 15) is 27.9 Å². The Kier molecular flexibility index (Phi) is 8.91. The molecule has 1 aromatic rings. The van der Waals surface area contributed by atoms with Crippen LogP contribution in [0.25, 0.3) is 0 Å². The van der Waals surface area contributed by atoms with Gasteiger partial charge in [0.15, 0.2) is 0 Å². The first-order chi connectivity index (χ1) is 14.9. The minimum Gasteiger partial charge on any atom is -0.488 e. The number of aliphatic hydroxyl groups excluding tert-OH is 1. The summed E-state index contributed by atoms with van der Waals surface area (Å²) < 4.78 is 43.4. The van der Waals surface area contributed by atoms with Crippen molar-refractivity contribution in [3.63, 3.8) is 0 Å². The summed E-state index contributed by atoms with van der Waals surface area (Å²) in [6, 6.07) is 4.36. The Labute approximate surface area is 186 Å². The summed E-state index contributed by atoms with van der Waals surface area (Å²) in [5.74, 6) is -0.492. The number of carbonyl (C=O) groups excluding carboxylic acids is 2. The first kappa shape index (κ1) is 25.9. The second-order valence-corrected chi connectivity index (χ2v) is 8.64. The molecule has 0 aliphatic carbocycles. The fourth-order valence-corrected chi connectivity index (χ4v) is 3.56. The van der Waals surface area contributed by atoms with Crippen LogP contribution in [-0.4, -0.2) is 78.8 Å². The van der Waals surface area contributed by atoms with Gasteiger partial charge in [0.05, 0.1) is 25.5 Å². The summed E-state index contributed by atoms with van der Waals surface area (Å²) >= 11 is 0. The van der Waals surface area contributed by atoms with Crippen molar-refractivity contribution in [1.82, 2.24) is 9.80 Å². The number of fused-ring (bicyclic) bond motifs is 1. The van der Waals surface area contributed by atoms with Gasteiger partial charge in [0, 0.05) is 36.7 Å². The molecule has 0 aromatic heterocycles. The molecule has 0 fully saturated rings. The molecule has 2 N–H and O–H groups in total. The molecular formula is C22H32F3N3O4. The number of rotatable bonds is 7. The maximum atomic E-state index is 13.0. The second-order valence-electron chi connectivity index (χ2n) is 8.64. The topological polar surface area (TPSA) is 82.1 Å². The lowest BCUT2D eigenvalue weighted by Gasteiger charge is -2.33. The van der Waals surface area contributed by atoms with Crippen LogP contribution in [0.4, 0.5) is 18.9 Å². The molecule has 1 aliphatic heterocycles. The average Bonchev–Trinajstić information content (AvgIpc) is 2.73. The minimum absolute atomic E-state index is 0.0205. The van der Waals surface area contributed by atoms with Crippen LogP contribution in [0.1, 0.15) is 32.3 Å². The van der Waals surface area contributed by atoms with Gasteiger partial charge in [0.25, 0.3) is 0 Å². The van der Waals surface area contributed by atoms with E-state index >= 15 is 0 Å². The van der Waals surface area contributed by atoms with Gasteiger partial charge in [-0.25, -0.2) is 0 Å². The highest BCUT2D eigenvalue weighted by Gasteiger charge is 2.31. The monoisotopic (exact) mass is 459 g/mol. The molecule has 2 rings (SSSR count). The van der Waals surface area contributed by atoms with E-state index in [1.807, 2.05) is 25.9 Å². The smallest absolute Gasteiger partial charge is 0.389 e. The number of hydrogen-bond acceptors (Lipinski definition) is 5. The van der Waals surface area contributed by atoms with Crippen molar-refractivity contribution < 1.29 is 32.6 Å². The van der Waals surface area contributed by atoms with Crippen molar-refractivity contribution in [1.29, 1.82) is 0 Å². The molecular weight excluding hydrogens is 427 g/mol. The van der Waals surface area contributed by atoms with Crippen molar-refractivity contribution >= 4 is 17.5 Å². The van der Waals surface area contributed by atoms with Gasteiger partial charge in [-0.3, -0.25) is 9.59 Å². The second kappa shape index (κ2) is 11.0. The minimum atomic E-state index is -4.41. The highest BCUT2D eigenvalue weighted by atomic mass is 19.4. The largest absolute Gasteiger partial charge is 0.488 e. The molecule has 0 unspecified atom stereocenters. The number of halogens is 3. The van der Waals surface area contributed by atoms with Crippen LogP contribution in [0.2, 0.25) is 0 Å². The molecule has 7 nitrogen and oxygen atoms in total.